The van der Waals surface area contributed by atoms with Crippen LogP contribution in [0, 0.1) is 0 Å². The van der Waals surface area contributed by atoms with E-state index in [0.29, 0.717) is 12.2 Å². The summed E-state index contributed by atoms with van der Waals surface area (Å²) in [5.41, 5.74) is 6.73. The van der Waals surface area contributed by atoms with Crippen molar-refractivity contribution in [3.8, 4) is 11.5 Å². The van der Waals surface area contributed by atoms with Gasteiger partial charge in [0, 0.05) is 6.42 Å². The average Bonchev–Trinajstić information content (AvgIpc) is 2.69. The summed E-state index contributed by atoms with van der Waals surface area (Å²) in [5, 5.41) is 0. The molecular weight excluding hydrogens is 332 g/mol. The number of nitrogens with one attached hydrogen (secondary N) is 2. The number of para-hydroxylation sites is 2. The second-order valence-corrected chi connectivity index (χ2v) is 5.66. The Kier molecular flexibility index (Phi) is 7.49. The molecule has 0 saturated carbocycles. The highest BCUT2D eigenvalue weighted by atomic mass is 16.5. The van der Waals surface area contributed by atoms with Gasteiger partial charge in [-0.2, -0.15) is 0 Å². The Bertz CT molecular complexity index is 683. The molecule has 0 fully saturated rings. The van der Waals surface area contributed by atoms with Crippen LogP contribution in [0.15, 0.2) is 48.5 Å². The van der Waals surface area contributed by atoms with Gasteiger partial charge in [0.2, 0.25) is 5.91 Å². The maximum Gasteiger partial charge on any atom is 0.276 e. The molecular formula is C20H24N2O4. The standard InChI is InChI=1S/C20H24N2O4/c1-3-15-8-4-7-11-18(15)26-14-20(24)22-21-19(23)13-12-16-9-5-6-10-17(16)25-2/h4-11H,3,12-14H2,1-2H3,(H,21,23)(H,22,24). The highest BCUT2D eigenvalue weighted by molar-refractivity contribution is 5.82. The van der Waals surface area contributed by atoms with Gasteiger partial charge in [-0.05, 0) is 36.1 Å². The molecule has 0 bridgehead atoms. The van der Waals surface area contributed by atoms with E-state index < -0.39 is 5.91 Å². The molecule has 6 nitrogen and oxygen atoms in total. The zero-order valence-corrected chi connectivity index (χ0v) is 15.1. The lowest BCUT2D eigenvalue weighted by molar-refractivity contribution is -0.130. The first-order chi connectivity index (χ1) is 12.6. The molecule has 2 aromatic rings. The number of benzene rings is 2. The minimum atomic E-state index is -0.415. The average molecular weight is 356 g/mol. The molecule has 0 aliphatic heterocycles. The van der Waals surface area contributed by atoms with E-state index in [1.54, 1.807) is 7.11 Å². The van der Waals surface area contributed by atoms with E-state index in [2.05, 4.69) is 10.9 Å². The summed E-state index contributed by atoms with van der Waals surface area (Å²) in [6.45, 7) is 1.86. The smallest absolute Gasteiger partial charge is 0.276 e. The Morgan fingerprint density at radius 2 is 1.50 bits per heavy atom. The van der Waals surface area contributed by atoms with Crippen molar-refractivity contribution in [3.05, 3.63) is 59.7 Å². The summed E-state index contributed by atoms with van der Waals surface area (Å²) < 4.78 is 10.8. The van der Waals surface area contributed by atoms with Crippen molar-refractivity contribution in [1.82, 2.24) is 10.9 Å². The Balaban J connectivity index is 1.72. The first-order valence-corrected chi connectivity index (χ1v) is 8.54. The predicted octanol–water partition coefficient (Wildman–Crippen LogP) is 2.42. The fraction of sp³-hybridized carbons (Fsp3) is 0.300. The Morgan fingerprint density at radius 3 is 2.19 bits per heavy atom. The van der Waals surface area contributed by atoms with Gasteiger partial charge in [-0.15, -0.1) is 0 Å². The van der Waals surface area contributed by atoms with Crippen LogP contribution in [0.2, 0.25) is 0 Å². The van der Waals surface area contributed by atoms with E-state index in [1.165, 1.54) is 0 Å². The van der Waals surface area contributed by atoms with Gasteiger partial charge in [0.15, 0.2) is 6.61 Å². The summed E-state index contributed by atoms with van der Waals surface area (Å²) in [6, 6.07) is 15.1. The van der Waals surface area contributed by atoms with Crippen molar-refractivity contribution in [2.75, 3.05) is 13.7 Å². The summed E-state index contributed by atoms with van der Waals surface area (Å²) >= 11 is 0. The lowest BCUT2D eigenvalue weighted by atomic mass is 10.1. The summed E-state index contributed by atoms with van der Waals surface area (Å²) in [7, 11) is 1.59. The van der Waals surface area contributed by atoms with Crippen molar-refractivity contribution >= 4 is 11.8 Å². The number of carbonyl (C=O) groups excluding carboxylic acids is 2. The van der Waals surface area contributed by atoms with Crippen molar-refractivity contribution < 1.29 is 19.1 Å². The van der Waals surface area contributed by atoms with Gasteiger partial charge in [0.05, 0.1) is 7.11 Å². The SMILES string of the molecule is CCc1ccccc1OCC(=O)NNC(=O)CCc1ccccc1OC. The highest BCUT2D eigenvalue weighted by Crippen LogP contribution is 2.19. The summed E-state index contributed by atoms with van der Waals surface area (Å²) in [4.78, 5) is 23.7. The van der Waals surface area contributed by atoms with Gasteiger partial charge >= 0.3 is 0 Å². The third-order valence-electron chi connectivity index (χ3n) is 3.87. The molecule has 2 amide bonds. The Labute approximate surface area is 153 Å². The second-order valence-electron chi connectivity index (χ2n) is 5.66. The Hall–Kier alpha value is -3.02. The molecule has 0 atom stereocenters. The molecule has 0 aromatic heterocycles. The van der Waals surface area contributed by atoms with E-state index in [0.717, 1.165) is 23.3 Å². The van der Waals surface area contributed by atoms with Crippen LogP contribution in [-0.2, 0) is 22.4 Å². The zero-order valence-electron chi connectivity index (χ0n) is 15.1. The van der Waals surface area contributed by atoms with Gasteiger partial charge in [-0.25, -0.2) is 0 Å². The van der Waals surface area contributed by atoms with Crippen LogP contribution >= 0.6 is 0 Å². The van der Waals surface area contributed by atoms with Crippen LogP contribution in [0.4, 0.5) is 0 Å². The molecule has 0 saturated heterocycles. The monoisotopic (exact) mass is 356 g/mol. The van der Waals surface area contributed by atoms with Crippen molar-refractivity contribution in [3.63, 3.8) is 0 Å². The number of ether oxygens (including phenoxy) is 2. The third kappa shape index (κ3) is 5.81. The van der Waals surface area contributed by atoms with Gasteiger partial charge < -0.3 is 9.47 Å². The van der Waals surface area contributed by atoms with Crippen molar-refractivity contribution in [2.24, 2.45) is 0 Å². The molecule has 2 rings (SSSR count). The van der Waals surface area contributed by atoms with E-state index in [-0.39, 0.29) is 18.9 Å². The maximum absolute atomic E-state index is 11.9. The van der Waals surface area contributed by atoms with E-state index in [9.17, 15) is 9.59 Å². The Morgan fingerprint density at radius 1 is 0.885 bits per heavy atom. The van der Waals surface area contributed by atoms with Crippen LogP contribution in [0.5, 0.6) is 11.5 Å². The van der Waals surface area contributed by atoms with Crippen LogP contribution in [0.3, 0.4) is 0 Å². The predicted molar refractivity (Wildman–Crippen MR) is 98.9 cm³/mol. The van der Waals surface area contributed by atoms with Crippen LogP contribution < -0.4 is 20.3 Å². The normalized spacial score (nSPS) is 10.1. The lowest BCUT2D eigenvalue weighted by Gasteiger charge is -2.11. The minimum Gasteiger partial charge on any atom is -0.496 e. The fourth-order valence-electron chi connectivity index (χ4n) is 2.48. The number of hydrogen-bond acceptors (Lipinski definition) is 4. The van der Waals surface area contributed by atoms with Gasteiger partial charge in [-0.1, -0.05) is 43.3 Å². The molecule has 0 radical (unpaired) electrons. The van der Waals surface area contributed by atoms with E-state index in [1.807, 2.05) is 55.5 Å². The molecule has 0 spiro atoms. The quantitative estimate of drug-likeness (QED) is 0.712. The first-order valence-electron chi connectivity index (χ1n) is 8.54. The topological polar surface area (TPSA) is 76.7 Å². The minimum absolute atomic E-state index is 0.163. The second kappa shape index (κ2) is 10.1. The maximum atomic E-state index is 11.9. The number of amides is 2. The number of aryl methyl sites for hydroxylation is 2. The number of carbonyl (C=O) groups is 2. The van der Waals surface area contributed by atoms with Crippen LogP contribution in [-0.4, -0.2) is 25.5 Å². The number of methoxy groups -OCH3 is 1. The summed E-state index contributed by atoms with van der Waals surface area (Å²) in [5.74, 6) is 0.722. The molecule has 138 valence electrons. The van der Waals surface area contributed by atoms with Crippen LogP contribution in [0.1, 0.15) is 24.5 Å². The third-order valence-corrected chi connectivity index (χ3v) is 3.87. The molecule has 0 aliphatic rings. The largest absolute Gasteiger partial charge is 0.496 e. The number of rotatable bonds is 8. The number of hydrazine groups is 1. The van der Waals surface area contributed by atoms with E-state index >= 15 is 0 Å². The van der Waals surface area contributed by atoms with Crippen molar-refractivity contribution in [1.29, 1.82) is 0 Å². The van der Waals surface area contributed by atoms with Crippen LogP contribution in [0.25, 0.3) is 0 Å². The zero-order chi connectivity index (χ0) is 18.8. The van der Waals surface area contributed by atoms with Gasteiger partial charge in [0.25, 0.3) is 5.91 Å². The van der Waals surface area contributed by atoms with Crippen molar-refractivity contribution in [2.45, 2.75) is 26.2 Å². The summed E-state index contributed by atoms with van der Waals surface area (Å²) in [6.07, 6.45) is 1.57. The molecule has 6 heteroatoms. The highest BCUT2D eigenvalue weighted by Gasteiger charge is 2.09. The molecule has 26 heavy (non-hydrogen) atoms. The van der Waals surface area contributed by atoms with Gasteiger partial charge in [0.1, 0.15) is 11.5 Å². The molecule has 0 aliphatic carbocycles. The molecule has 0 unspecified atom stereocenters. The lowest BCUT2D eigenvalue weighted by Crippen LogP contribution is -2.43. The molecule has 2 aromatic carbocycles. The number of hydrogen-bond donors (Lipinski definition) is 2. The van der Waals surface area contributed by atoms with E-state index in [4.69, 9.17) is 9.47 Å². The fourth-order valence-corrected chi connectivity index (χ4v) is 2.48. The van der Waals surface area contributed by atoms with Gasteiger partial charge in [-0.3, -0.25) is 20.4 Å². The molecule has 0 heterocycles. The first kappa shape index (κ1) is 19.3. The molecule has 2 N–H and O–H groups in total.